The van der Waals surface area contributed by atoms with Gasteiger partial charge in [-0.2, -0.15) is 0 Å². The summed E-state index contributed by atoms with van der Waals surface area (Å²) in [6.45, 7) is 9.99. The molecule has 2 nitrogen and oxygen atoms in total. The molecule has 1 aromatic carbocycles. The summed E-state index contributed by atoms with van der Waals surface area (Å²) in [5.74, 6) is 0. The van der Waals surface area contributed by atoms with Crippen LogP contribution in [0.2, 0.25) is 0 Å². The summed E-state index contributed by atoms with van der Waals surface area (Å²) in [7, 11) is 0. The van der Waals surface area contributed by atoms with Crippen LogP contribution in [-0.4, -0.2) is 25.7 Å². The number of anilines is 1. The lowest BCUT2D eigenvalue weighted by Gasteiger charge is -2.35. The number of nitrogens with zero attached hydrogens (tertiary/aromatic N) is 1. The minimum Gasteiger partial charge on any atom is -0.368 e. The molecule has 1 aromatic rings. The summed E-state index contributed by atoms with van der Waals surface area (Å²) in [4.78, 5) is 2.51. The Hall–Kier alpha value is -1.02. The summed E-state index contributed by atoms with van der Waals surface area (Å²) in [6, 6.07) is 7.40. The SMILES string of the molecule is CCC1CN(c2ccc(C)cc2C)CCN1. The summed E-state index contributed by atoms with van der Waals surface area (Å²) in [5, 5.41) is 3.56. The summed E-state index contributed by atoms with van der Waals surface area (Å²) in [5.41, 5.74) is 4.16. The maximum absolute atomic E-state index is 3.56. The normalized spacial score (nSPS) is 21.2. The van der Waals surface area contributed by atoms with E-state index in [-0.39, 0.29) is 0 Å². The zero-order valence-electron chi connectivity index (χ0n) is 10.6. The van der Waals surface area contributed by atoms with Gasteiger partial charge in [-0.05, 0) is 31.9 Å². The molecular formula is C14H22N2. The van der Waals surface area contributed by atoms with Crippen LogP contribution in [-0.2, 0) is 0 Å². The van der Waals surface area contributed by atoms with Gasteiger partial charge in [0.15, 0.2) is 0 Å². The second-order valence-electron chi connectivity index (χ2n) is 4.80. The lowest BCUT2D eigenvalue weighted by atomic mass is 10.1. The number of piperazine rings is 1. The molecule has 2 rings (SSSR count). The van der Waals surface area contributed by atoms with Crippen LogP contribution in [0.4, 0.5) is 5.69 Å². The molecule has 1 atom stereocenters. The van der Waals surface area contributed by atoms with Crippen LogP contribution < -0.4 is 10.2 Å². The van der Waals surface area contributed by atoms with Crippen LogP contribution in [0.3, 0.4) is 0 Å². The van der Waals surface area contributed by atoms with Gasteiger partial charge < -0.3 is 10.2 Å². The fraction of sp³-hybridized carbons (Fsp3) is 0.571. The average Bonchev–Trinajstić information content (AvgIpc) is 2.29. The zero-order chi connectivity index (χ0) is 11.5. The quantitative estimate of drug-likeness (QED) is 0.820. The van der Waals surface area contributed by atoms with Gasteiger partial charge in [-0.25, -0.2) is 0 Å². The maximum Gasteiger partial charge on any atom is 0.0397 e. The predicted octanol–water partition coefficient (Wildman–Crippen LogP) is 2.49. The molecule has 1 N–H and O–H groups in total. The van der Waals surface area contributed by atoms with Gasteiger partial charge >= 0.3 is 0 Å². The van der Waals surface area contributed by atoms with E-state index in [1.54, 1.807) is 0 Å². The van der Waals surface area contributed by atoms with Gasteiger partial charge in [0.05, 0.1) is 0 Å². The summed E-state index contributed by atoms with van der Waals surface area (Å²) < 4.78 is 0. The molecule has 0 spiro atoms. The standard InChI is InChI=1S/C14H22N2/c1-4-13-10-16(8-7-15-13)14-6-5-11(2)9-12(14)3/h5-6,9,13,15H,4,7-8,10H2,1-3H3. The number of hydrogen-bond donors (Lipinski definition) is 1. The van der Waals surface area contributed by atoms with Crippen molar-refractivity contribution >= 4 is 5.69 Å². The van der Waals surface area contributed by atoms with Crippen molar-refractivity contribution in [2.45, 2.75) is 33.2 Å². The Kier molecular flexibility index (Phi) is 3.49. The molecule has 1 saturated heterocycles. The Bertz CT molecular complexity index is 360. The Morgan fingerprint density at radius 1 is 1.38 bits per heavy atom. The first kappa shape index (κ1) is 11.5. The Balaban J connectivity index is 2.16. The third-order valence-corrected chi connectivity index (χ3v) is 3.44. The van der Waals surface area contributed by atoms with Crippen molar-refractivity contribution in [3.05, 3.63) is 29.3 Å². The summed E-state index contributed by atoms with van der Waals surface area (Å²) >= 11 is 0. The van der Waals surface area contributed by atoms with E-state index >= 15 is 0 Å². The molecule has 16 heavy (non-hydrogen) atoms. The van der Waals surface area contributed by atoms with Gasteiger partial charge in [-0.15, -0.1) is 0 Å². The molecule has 0 aliphatic carbocycles. The second kappa shape index (κ2) is 4.88. The highest BCUT2D eigenvalue weighted by Gasteiger charge is 2.18. The molecular weight excluding hydrogens is 196 g/mol. The molecule has 1 heterocycles. The lowest BCUT2D eigenvalue weighted by molar-refractivity contribution is 0.446. The van der Waals surface area contributed by atoms with Crippen molar-refractivity contribution in [2.75, 3.05) is 24.5 Å². The van der Waals surface area contributed by atoms with Crippen molar-refractivity contribution < 1.29 is 0 Å². The first-order valence-corrected chi connectivity index (χ1v) is 6.26. The third kappa shape index (κ3) is 2.38. The predicted molar refractivity (Wildman–Crippen MR) is 70.2 cm³/mol. The van der Waals surface area contributed by atoms with Crippen molar-refractivity contribution in [2.24, 2.45) is 0 Å². The number of rotatable bonds is 2. The van der Waals surface area contributed by atoms with Gasteiger partial charge in [-0.3, -0.25) is 0 Å². The smallest absolute Gasteiger partial charge is 0.0397 e. The van der Waals surface area contributed by atoms with Crippen LogP contribution in [0.1, 0.15) is 24.5 Å². The van der Waals surface area contributed by atoms with E-state index in [1.807, 2.05) is 0 Å². The number of nitrogens with one attached hydrogen (secondary N) is 1. The van der Waals surface area contributed by atoms with Gasteiger partial charge in [0, 0.05) is 31.4 Å². The van der Waals surface area contributed by atoms with E-state index in [0.717, 1.165) is 19.6 Å². The molecule has 1 aliphatic rings. The Labute approximate surface area is 98.7 Å². The highest BCUT2D eigenvalue weighted by atomic mass is 15.2. The van der Waals surface area contributed by atoms with E-state index in [2.05, 4.69) is 49.2 Å². The molecule has 88 valence electrons. The Morgan fingerprint density at radius 3 is 2.88 bits per heavy atom. The van der Waals surface area contributed by atoms with Crippen LogP contribution in [0.5, 0.6) is 0 Å². The van der Waals surface area contributed by atoms with Crippen molar-refractivity contribution in [1.82, 2.24) is 5.32 Å². The zero-order valence-corrected chi connectivity index (χ0v) is 10.6. The van der Waals surface area contributed by atoms with Crippen LogP contribution >= 0.6 is 0 Å². The van der Waals surface area contributed by atoms with E-state index in [4.69, 9.17) is 0 Å². The van der Waals surface area contributed by atoms with E-state index in [9.17, 15) is 0 Å². The molecule has 0 aromatic heterocycles. The van der Waals surface area contributed by atoms with Crippen LogP contribution in [0.25, 0.3) is 0 Å². The molecule has 0 saturated carbocycles. The van der Waals surface area contributed by atoms with Gasteiger partial charge in [0.2, 0.25) is 0 Å². The lowest BCUT2D eigenvalue weighted by Crippen LogP contribution is -2.50. The van der Waals surface area contributed by atoms with Crippen molar-refractivity contribution in [1.29, 1.82) is 0 Å². The van der Waals surface area contributed by atoms with Gasteiger partial charge in [-0.1, -0.05) is 24.6 Å². The molecule has 0 radical (unpaired) electrons. The number of benzene rings is 1. The van der Waals surface area contributed by atoms with Crippen LogP contribution in [0, 0.1) is 13.8 Å². The first-order chi connectivity index (χ1) is 7.70. The monoisotopic (exact) mass is 218 g/mol. The molecule has 0 bridgehead atoms. The van der Waals surface area contributed by atoms with E-state index < -0.39 is 0 Å². The van der Waals surface area contributed by atoms with Crippen LogP contribution in [0.15, 0.2) is 18.2 Å². The average molecular weight is 218 g/mol. The van der Waals surface area contributed by atoms with E-state index in [0.29, 0.717) is 6.04 Å². The summed E-state index contributed by atoms with van der Waals surface area (Å²) in [6.07, 6.45) is 1.21. The second-order valence-corrected chi connectivity index (χ2v) is 4.80. The largest absolute Gasteiger partial charge is 0.368 e. The molecule has 0 amide bonds. The first-order valence-electron chi connectivity index (χ1n) is 6.26. The Morgan fingerprint density at radius 2 is 2.19 bits per heavy atom. The molecule has 1 aliphatic heterocycles. The highest BCUT2D eigenvalue weighted by Crippen LogP contribution is 2.22. The minimum absolute atomic E-state index is 0.648. The van der Waals surface area contributed by atoms with E-state index in [1.165, 1.54) is 23.2 Å². The fourth-order valence-corrected chi connectivity index (χ4v) is 2.48. The fourth-order valence-electron chi connectivity index (χ4n) is 2.48. The minimum atomic E-state index is 0.648. The van der Waals surface area contributed by atoms with Gasteiger partial charge in [0.25, 0.3) is 0 Å². The number of aryl methyl sites for hydroxylation is 2. The maximum atomic E-state index is 3.56. The van der Waals surface area contributed by atoms with Crippen molar-refractivity contribution in [3.63, 3.8) is 0 Å². The molecule has 2 heteroatoms. The highest BCUT2D eigenvalue weighted by molar-refractivity contribution is 5.54. The number of hydrogen-bond acceptors (Lipinski definition) is 2. The third-order valence-electron chi connectivity index (χ3n) is 3.44. The topological polar surface area (TPSA) is 15.3 Å². The van der Waals surface area contributed by atoms with Crippen molar-refractivity contribution in [3.8, 4) is 0 Å². The van der Waals surface area contributed by atoms with Gasteiger partial charge in [0.1, 0.15) is 0 Å². The molecule has 1 fully saturated rings. The molecule has 1 unspecified atom stereocenters.